The van der Waals surface area contributed by atoms with Gasteiger partial charge in [-0.15, -0.1) is 0 Å². The molecule has 51 heavy (non-hydrogen) atoms. The van der Waals surface area contributed by atoms with E-state index in [1.54, 1.807) is 0 Å². The Morgan fingerprint density at radius 2 is 0.608 bits per heavy atom. The minimum Gasteiger partial charge on any atom is -0.456 e. The molecule has 0 aliphatic carbocycles. The van der Waals surface area contributed by atoms with Crippen molar-refractivity contribution in [3.63, 3.8) is 0 Å². The molecule has 10 rings (SSSR count). The number of hydrogen-bond acceptors (Lipinski definition) is 1. The highest BCUT2D eigenvalue weighted by atomic mass is 16.3. The lowest BCUT2D eigenvalue weighted by Crippen LogP contribution is -1.92. The molecule has 0 radical (unpaired) electrons. The average molecular weight is 649 g/mol. The van der Waals surface area contributed by atoms with Crippen molar-refractivity contribution in [1.29, 1.82) is 0 Å². The van der Waals surface area contributed by atoms with E-state index in [1.807, 2.05) is 12.1 Å². The summed E-state index contributed by atoms with van der Waals surface area (Å²) in [5.41, 5.74) is 14.0. The van der Waals surface area contributed by atoms with Crippen molar-refractivity contribution in [2.24, 2.45) is 0 Å². The van der Waals surface area contributed by atoms with Gasteiger partial charge in [-0.3, -0.25) is 0 Å². The van der Waals surface area contributed by atoms with E-state index in [9.17, 15) is 0 Å². The molecule has 0 amide bonds. The number of fused-ring (bicyclic) bond motifs is 5. The Hall–Kier alpha value is -6.70. The summed E-state index contributed by atoms with van der Waals surface area (Å²) in [4.78, 5) is 0. The summed E-state index contributed by atoms with van der Waals surface area (Å²) >= 11 is 0. The van der Waals surface area contributed by atoms with Crippen LogP contribution < -0.4 is 0 Å². The lowest BCUT2D eigenvalue weighted by molar-refractivity contribution is 0.669. The maximum atomic E-state index is 6.23. The summed E-state index contributed by atoms with van der Waals surface area (Å²) in [7, 11) is 0. The van der Waals surface area contributed by atoms with Crippen molar-refractivity contribution in [2.45, 2.75) is 0 Å². The van der Waals surface area contributed by atoms with Gasteiger partial charge in [0.05, 0.1) is 0 Å². The molecule has 0 atom stereocenters. The van der Waals surface area contributed by atoms with Crippen LogP contribution in [0.2, 0.25) is 0 Å². The van der Waals surface area contributed by atoms with E-state index >= 15 is 0 Å². The van der Waals surface area contributed by atoms with Gasteiger partial charge in [0.1, 0.15) is 11.2 Å². The van der Waals surface area contributed by atoms with Crippen molar-refractivity contribution in [3.05, 3.63) is 194 Å². The first-order valence-corrected chi connectivity index (χ1v) is 17.5. The van der Waals surface area contributed by atoms with Crippen LogP contribution in [0.5, 0.6) is 0 Å². The quantitative estimate of drug-likeness (QED) is 0.169. The fraction of sp³-hybridized carbons (Fsp3) is 0. The zero-order chi connectivity index (χ0) is 33.7. The van der Waals surface area contributed by atoms with Crippen LogP contribution in [-0.4, -0.2) is 0 Å². The molecule has 238 valence electrons. The third-order valence-corrected chi connectivity index (χ3v) is 10.3. The van der Waals surface area contributed by atoms with Crippen molar-refractivity contribution in [2.75, 3.05) is 0 Å². The normalized spacial score (nSPS) is 11.5. The molecule has 0 spiro atoms. The lowest BCUT2D eigenvalue weighted by atomic mass is 9.84. The van der Waals surface area contributed by atoms with Crippen LogP contribution >= 0.6 is 0 Å². The molecular weight excluding hydrogens is 617 g/mol. The van der Waals surface area contributed by atoms with Crippen molar-refractivity contribution < 1.29 is 4.42 Å². The summed E-state index contributed by atoms with van der Waals surface area (Å²) in [6.07, 6.45) is 0. The van der Waals surface area contributed by atoms with Crippen LogP contribution in [0.4, 0.5) is 0 Å². The first kappa shape index (κ1) is 29.2. The molecule has 10 aromatic rings. The van der Waals surface area contributed by atoms with Crippen molar-refractivity contribution >= 4 is 43.5 Å². The predicted octanol–water partition coefficient (Wildman–Crippen LogP) is 14.2. The Morgan fingerprint density at radius 1 is 0.216 bits per heavy atom. The van der Waals surface area contributed by atoms with E-state index in [4.69, 9.17) is 4.42 Å². The monoisotopic (exact) mass is 648 g/mol. The van der Waals surface area contributed by atoms with Crippen LogP contribution in [0.15, 0.2) is 199 Å². The first-order valence-electron chi connectivity index (χ1n) is 17.5. The van der Waals surface area contributed by atoms with Gasteiger partial charge >= 0.3 is 0 Å². The standard InChI is InChI=1S/C50H32O/c1-3-11-33(12-4-1)35-19-21-36(22-20-35)37-23-25-38(26-24-37)49-42-16-7-8-17-43(42)50(44-29-27-39(31-46(44)49)34-13-5-2-6-14-34)40-28-30-48-45(32-40)41-15-9-10-18-47(41)51-48/h1-32H. The molecule has 0 aliphatic heterocycles. The molecule has 0 saturated carbocycles. The van der Waals surface area contributed by atoms with Gasteiger partial charge in [0, 0.05) is 10.8 Å². The van der Waals surface area contributed by atoms with Crippen LogP contribution in [0, 0.1) is 0 Å². The van der Waals surface area contributed by atoms with Gasteiger partial charge in [0.15, 0.2) is 0 Å². The predicted molar refractivity (Wildman–Crippen MR) is 216 cm³/mol. The molecule has 1 aromatic heterocycles. The van der Waals surface area contributed by atoms with Gasteiger partial charge in [-0.05, 0) is 101 Å². The summed E-state index contributed by atoms with van der Waals surface area (Å²) in [6, 6.07) is 70.1. The van der Waals surface area contributed by atoms with E-state index in [0.717, 1.165) is 21.9 Å². The number of hydrogen-bond donors (Lipinski definition) is 0. The van der Waals surface area contributed by atoms with Gasteiger partial charge in [-0.2, -0.15) is 0 Å². The zero-order valence-corrected chi connectivity index (χ0v) is 27.9. The highest BCUT2D eigenvalue weighted by molar-refractivity contribution is 6.22. The smallest absolute Gasteiger partial charge is 0.135 e. The molecule has 9 aromatic carbocycles. The summed E-state index contributed by atoms with van der Waals surface area (Å²) in [5, 5.41) is 7.22. The minimum absolute atomic E-state index is 0.909. The van der Waals surface area contributed by atoms with Gasteiger partial charge in [-0.1, -0.05) is 170 Å². The van der Waals surface area contributed by atoms with Gasteiger partial charge < -0.3 is 4.42 Å². The summed E-state index contributed by atoms with van der Waals surface area (Å²) in [6.45, 7) is 0. The maximum Gasteiger partial charge on any atom is 0.135 e. The third kappa shape index (κ3) is 5.02. The van der Waals surface area contributed by atoms with E-state index in [2.05, 4.69) is 182 Å². The summed E-state index contributed by atoms with van der Waals surface area (Å²) in [5.74, 6) is 0. The van der Waals surface area contributed by atoms with E-state index in [-0.39, 0.29) is 0 Å². The molecule has 0 bridgehead atoms. The zero-order valence-electron chi connectivity index (χ0n) is 27.9. The Morgan fingerprint density at radius 3 is 1.24 bits per heavy atom. The molecule has 0 fully saturated rings. The molecule has 1 heteroatoms. The number of para-hydroxylation sites is 1. The van der Waals surface area contributed by atoms with Crippen molar-refractivity contribution in [1.82, 2.24) is 0 Å². The molecule has 0 N–H and O–H groups in total. The molecule has 0 aliphatic rings. The molecule has 1 nitrogen and oxygen atoms in total. The number of furan rings is 1. The molecule has 0 unspecified atom stereocenters. The highest BCUT2D eigenvalue weighted by Gasteiger charge is 2.19. The Labute approximate surface area is 296 Å². The van der Waals surface area contributed by atoms with Gasteiger partial charge in [-0.25, -0.2) is 0 Å². The first-order chi connectivity index (χ1) is 25.3. The number of benzene rings is 9. The Balaban J connectivity index is 1.17. The second-order valence-corrected chi connectivity index (χ2v) is 13.3. The second-order valence-electron chi connectivity index (χ2n) is 13.3. The van der Waals surface area contributed by atoms with Crippen LogP contribution in [0.3, 0.4) is 0 Å². The second kappa shape index (κ2) is 12.0. The third-order valence-electron chi connectivity index (χ3n) is 10.3. The average Bonchev–Trinajstić information content (AvgIpc) is 3.58. The lowest BCUT2D eigenvalue weighted by Gasteiger charge is -2.19. The maximum absolute atomic E-state index is 6.23. The Bertz CT molecular complexity index is 2860. The van der Waals surface area contributed by atoms with Crippen LogP contribution in [0.25, 0.3) is 99.1 Å². The van der Waals surface area contributed by atoms with Crippen LogP contribution in [0.1, 0.15) is 0 Å². The molecular formula is C50H32O. The minimum atomic E-state index is 0.909. The van der Waals surface area contributed by atoms with E-state index < -0.39 is 0 Å². The highest BCUT2D eigenvalue weighted by Crippen LogP contribution is 2.46. The number of rotatable bonds is 5. The fourth-order valence-electron chi connectivity index (χ4n) is 7.81. The van der Waals surface area contributed by atoms with E-state index in [0.29, 0.717) is 0 Å². The van der Waals surface area contributed by atoms with Gasteiger partial charge in [0.25, 0.3) is 0 Å². The van der Waals surface area contributed by atoms with Crippen LogP contribution in [-0.2, 0) is 0 Å². The van der Waals surface area contributed by atoms with E-state index in [1.165, 1.54) is 77.2 Å². The van der Waals surface area contributed by atoms with Gasteiger partial charge in [0.2, 0.25) is 0 Å². The SMILES string of the molecule is c1ccc(-c2ccc(-c3ccc(-c4c5ccccc5c(-c5ccc6oc7ccccc7c6c5)c5ccc(-c6ccccc6)cc45)cc3)cc2)cc1. The van der Waals surface area contributed by atoms with Crippen molar-refractivity contribution in [3.8, 4) is 55.6 Å². The topological polar surface area (TPSA) is 13.1 Å². The molecule has 1 heterocycles. The summed E-state index contributed by atoms with van der Waals surface area (Å²) < 4.78 is 6.23. The fourth-order valence-corrected chi connectivity index (χ4v) is 7.81. The largest absolute Gasteiger partial charge is 0.456 e. The Kier molecular flexibility index (Phi) is 6.89. The molecule has 0 saturated heterocycles.